The van der Waals surface area contributed by atoms with Gasteiger partial charge in [0.25, 0.3) is 5.91 Å². The van der Waals surface area contributed by atoms with Gasteiger partial charge in [-0.05, 0) is 50.8 Å². The van der Waals surface area contributed by atoms with E-state index in [1.165, 1.54) is 12.1 Å². The molecule has 0 saturated heterocycles. The molecule has 0 aliphatic heterocycles. The summed E-state index contributed by atoms with van der Waals surface area (Å²) in [6, 6.07) is 3.80. The van der Waals surface area contributed by atoms with Crippen LogP contribution in [0.3, 0.4) is 0 Å². The second-order valence-electron chi connectivity index (χ2n) is 6.25. The lowest BCUT2D eigenvalue weighted by molar-refractivity contribution is 0.0941. The molecule has 1 fully saturated rings. The van der Waals surface area contributed by atoms with Gasteiger partial charge in [-0.3, -0.25) is 4.79 Å². The molecule has 0 radical (unpaired) electrons. The van der Waals surface area contributed by atoms with Crippen LogP contribution in [0.1, 0.15) is 45.7 Å². The Morgan fingerprint density at radius 3 is 2.52 bits per heavy atom. The third kappa shape index (κ3) is 3.00. The third-order valence-corrected chi connectivity index (χ3v) is 4.61. The summed E-state index contributed by atoms with van der Waals surface area (Å²) in [5.74, 6) is -1.32. The number of amides is 1. The first-order valence-electron chi connectivity index (χ1n) is 7.79. The van der Waals surface area contributed by atoms with E-state index >= 15 is 0 Å². The molecule has 23 heavy (non-hydrogen) atoms. The van der Waals surface area contributed by atoms with Crippen molar-refractivity contribution < 1.29 is 13.6 Å². The fourth-order valence-corrected chi connectivity index (χ4v) is 2.81. The molecule has 1 N–H and O–H groups in total. The Kier molecular flexibility index (Phi) is 3.96. The van der Waals surface area contributed by atoms with Crippen LogP contribution in [-0.2, 0) is 6.54 Å². The van der Waals surface area contributed by atoms with Gasteiger partial charge in [0.15, 0.2) is 0 Å². The Morgan fingerprint density at radius 2 is 1.91 bits per heavy atom. The van der Waals surface area contributed by atoms with Crippen LogP contribution >= 0.6 is 0 Å². The van der Waals surface area contributed by atoms with Gasteiger partial charge < -0.3 is 9.88 Å². The van der Waals surface area contributed by atoms with Crippen molar-refractivity contribution in [3.8, 4) is 0 Å². The fraction of sp³-hybridized carbons (Fsp3) is 0.389. The largest absolute Gasteiger partial charge is 0.348 e. The van der Waals surface area contributed by atoms with E-state index in [0.29, 0.717) is 11.3 Å². The molecule has 3 nitrogen and oxygen atoms in total. The predicted octanol–water partition coefficient (Wildman–Crippen LogP) is 3.63. The van der Waals surface area contributed by atoms with Crippen molar-refractivity contribution in [2.45, 2.75) is 46.2 Å². The number of hydrogen-bond acceptors (Lipinski definition) is 1. The van der Waals surface area contributed by atoms with Gasteiger partial charge >= 0.3 is 0 Å². The second-order valence-corrected chi connectivity index (χ2v) is 6.25. The lowest BCUT2D eigenvalue weighted by Gasteiger charge is -2.13. The predicted molar refractivity (Wildman–Crippen MR) is 84.6 cm³/mol. The average molecular weight is 318 g/mol. The Morgan fingerprint density at radius 1 is 1.22 bits per heavy atom. The highest BCUT2D eigenvalue weighted by Gasteiger charge is 2.27. The number of rotatable bonds is 4. The van der Waals surface area contributed by atoms with Crippen LogP contribution < -0.4 is 5.32 Å². The maximum Gasteiger partial charge on any atom is 0.268 e. The van der Waals surface area contributed by atoms with E-state index in [0.717, 1.165) is 35.7 Å². The lowest BCUT2D eigenvalue weighted by atomic mass is 10.1. The standard InChI is InChI=1S/C18H20F2N2O/c1-10-11(2)17(18(23)21-15-6-7-15)22(12(10)3)9-13-4-5-14(19)8-16(13)20/h4-5,8,15H,6-7,9H2,1-3H3,(H,21,23). The lowest BCUT2D eigenvalue weighted by Crippen LogP contribution is -2.29. The zero-order valence-electron chi connectivity index (χ0n) is 13.5. The number of aromatic nitrogens is 1. The number of carbonyl (C=O) groups excluding carboxylic acids is 1. The van der Waals surface area contributed by atoms with Crippen LogP contribution in [0.25, 0.3) is 0 Å². The zero-order chi connectivity index (χ0) is 16.7. The number of hydrogen-bond donors (Lipinski definition) is 1. The van der Waals surface area contributed by atoms with Crippen LogP contribution in [0.5, 0.6) is 0 Å². The molecule has 0 bridgehead atoms. The minimum Gasteiger partial charge on any atom is -0.348 e. The number of benzene rings is 1. The van der Waals surface area contributed by atoms with Gasteiger partial charge in [0.1, 0.15) is 17.3 Å². The average Bonchev–Trinajstić information content (AvgIpc) is 3.27. The highest BCUT2D eigenvalue weighted by Crippen LogP contribution is 2.25. The summed E-state index contributed by atoms with van der Waals surface area (Å²) < 4.78 is 28.9. The molecule has 1 aromatic heterocycles. The van der Waals surface area contributed by atoms with Gasteiger partial charge in [0.05, 0.1) is 6.54 Å². The number of halogens is 2. The highest BCUT2D eigenvalue weighted by atomic mass is 19.1. The van der Waals surface area contributed by atoms with Crippen molar-refractivity contribution in [2.75, 3.05) is 0 Å². The number of nitrogens with one attached hydrogen (secondary N) is 1. The molecule has 122 valence electrons. The van der Waals surface area contributed by atoms with Crippen molar-refractivity contribution >= 4 is 5.91 Å². The normalized spacial score (nSPS) is 14.1. The molecule has 0 spiro atoms. The molecule has 1 aromatic carbocycles. The van der Waals surface area contributed by atoms with E-state index in [1.54, 1.807) is 0 Å². The van der Waals surface area contributed by atoms with Gasteiger partial charge in [-0.2, -0.15) is 0 Å². The summed E-state index contributed by atoms with van der Waals surface area (Å²) in [5, 5.41) is 2.99. The zero-order valence-corrected chi connectivity index (χ0v) is 13.5. The quantitative estimate of drug-likeness (QED) is 0.917. The van der Waals surface area contributed by atoms with Gasteiger partial charge in [0.2, 0.25) is 0 Å². The molecule has 0 unspecified atom stereocenters. The molecule has 1 saturated carbocycles. The van der Waals surface area contributed by atoms with E-state index in [2.05, 4.69) is 5.32 Å². The molecule has 1 aliphatic carbocycles. The van der Waals surface area contributed by atoms with Crippen LogP contribution in [0.4, 0.5) is 8.78 Å². The van der Waals surface area contributed by atoms with Crippen LogP contribution in [-0.4, -0.2) is 16.5 Å². The first-order valence-corrected chi connectivity index (χ1v) is 7.79. The molecule has 1 amide bonds. The molecular weight excluding hydrogens is 298 g/mol. The van der Waals surface area contributed by atoms with E-state index in [9.17, 15) is 13.6 Å². The molecule has 3 rings (SSSR count). The van der Waals surface area contributed by atoms with Crippen molar-refractivity contribution in [1.82, 2.24) is 9.88 Å². The van der Waals surface area contributed by atoms with Crippen molar-refractivity contribution in [3.05, 3.63) is 57.9 Å². The van der Waals surface area contributed by atoms with E-state index in [-0.39, 0.29) is 18.5 Å². The van der Waals surface area contributed by atoms with Gasteiger partial charge in [-0.15, -0.1) is 0 Å². The van der Waals surface area contributed by atoms with Crippen LogP contribution in [0, 0.1) is 32.4 Å². The van der Waals surface area contributed by atoms with Crippen molar-refractivity contribution in [3.63, 3.8) is 0 Å². The van der Waals surface area contributed by atoms with Gasteiger partial charge in [-0.25, -0.2) is 8.78 Å². The minimum absolute atomic E-state index is 0.122. The topological polar surface area (TPSA) is 34.0 Å². The SMILES string of the molecule is Cc1c(C)c(C(=O)NC2CC2)n(Cc2ccc(F)cc2F)c1C. The van der Waals surface area contributed by atoms with Gasteiger partial charge in [-0.1, -0.05) is 6.07 Å². The Balaban J connectivity index is 2.00. The summed E-state index contributed by atoms with van der Waals surface area (Å²) >= 11 is 0. The van der Waals surface area contributed by atoms with E-state index in [1.807, 2.05) is 25.3 Å². The molecule has 1 aliphatic rings. The summed E-state index contributed by atoms with van der Waals surface area (Å²) in [5.41, 5.74) is 3.78. The van der Waals surface area contributed by atoms with Crippen LogP contribution in [0.2, 0.25) is 0 Å². The highest BCUT2D eigenvalue weighted by molar-refractivity contribution is 5.95. The second kappa shape index (κ2) is 5.80. The Labute approximate surface area is 134 Å². The maximum absolute atomic E-state index is 14.0. The van der Waals surface area contributed by atoms with E-state index < -0.39 is 11.6 Å². The first kappa shape index (κ1) is 15.7. The molecule has 5 heteroatoms. The third-order valence-electron chi connectivity index (χ3n) is 4.61. The maximum atomic E-state index is 14.0. The van der Waals surface area contributed by atoms with Crippen molar-refractivity contribution in [1.29, 1.82) is 0 Å². The van der Waals surface area contributed by atoms with Gasteiger partial charge in [0, 0.05) is 23.4 Å². The Hall–Kier alpha value is -2.17. The summed E-state index contributed by atoms with van der Waals surface area (Å²) in [7, 11) is 0. The monoisotopic (exact) mass is 318 g/mol. The summed E-state index contributed by atoms with van der Waals surface area (Å²) in [6.45, 7) is 5.98. The minimum atomic E-state index is -0.602. The summed E-state index contributed by atoms with van der Waals surface area (Å²) in [6.07, 6.45) is 2.02. The smallest absolute Gasteiger partial charge is 0.268 e. The number of carbonyl (C=O) groups is 1. The fourth-order valence-electron chi connectivity index (χ4n) is 2.81. The molecular formula is C18H20F2N2O. The molecule has 2 aromatic rings. The molecule has 0 atom stereocenters. The van der Waals surface area contributed by atoms with Crippen molar-refractivity contribution in [2.24, 2.45) is 0 Å². The summed E-state index contributed by atoms with van der Waals surface area (Å²) in [4.78, 5) is 12.5. The molecule has 1 heterocycles. The number of nitrogens with zero attached hydrogens (tertiary/aromatic N) is 1. The first-order chi connectivity index (χ1) is 10.9. The van der Waals surface area contributed by atoms with Crippen LogP contribution in [0.15, 0.2) is 18.2 Å². The van der Waals surface area contributed by atoms with E-state index in [4.69, 9.17) is 0 Å². The Bertz CT molecular complexity index is 776.